The molecule has 0 bridgehead atoms. The summed E-state index contributed by atoms with van der Waals surface area (Å²) in [6.07, 6.45) is 94.0. The Bertz CT molecular complexity index is 1670. The van der Waals surface area contributed by atoms with E-state index in [4.69, 9.17) is 24.3 Å². The van der Waals surface area contributed by atoms with Crippen LogP contribution in [-0.2, 0) is 32.7 Å². The van der Waals surface area contributed by atoms with E-state index in [0.29, 0.717) is 6.42 Å². The normalized spacial score (nSPS) is 13.4. The highest BCUT2D eigenvalue weighted by atomic mass is 31.2. The second-order valence-corrected chi connectivity index (χ2v) is 25.5. The van der Waals surface area contributed by atoms with Gasteiger partial charge in [0.2, 0.25) is 0 Å². The molecule has 0 fully saturated rings. The van der Waals surface area contributed by atoms with Gasteiger partial charge in [0.1, 0.15) is 6.61 Å². The van der Waals surface area contributed by atoms with Gasteiger partial charge in [0, 0.05) is 19.4 Å². The molecule has 0 amide bonds. The third kappa shape index (κ3) is 70.2. The molecule has 3 N–H and O–H groups in total. The zero-order valence-corrected chi connectivity index (χ0v) is 56.5. The third-order valence-electron chi connectivity index (χ3n) is 15.8. The van der Waals surface area contributed by atoms with Crippen LogP contribution >= 0.6 is 7.82 Å². The number of ether oxygens (including phenoxy) is 2. The lowest BCUT2D eigenvalue weighted by Crippen LogP contribution is -2.29. The molecule has 0 saturated carbocycles. The second-order valence-electron chi connectivity index (χ2n) is 24.1. The predicted molar refractivity (Wildman–Crippen MR) is 367 cm³/mol. The molecule has 0 aliphatic rings. The van der Waals surface area contributed by atoms with Gasteiger partial charge in [0.25, 0.3) is 0 Å². The zero-order chi connectivity index (χ0) is 61.6. The first-order chi connectivity index (χ1) is 41.8. The summed E-state index contributed by atoms with van der Waals surface area (Å²) in [7, 11) is -4.40. The summed E-state index contributed by atoms with van der Waals surface area (Å²) in [6.45, 7) is 3.68. The topological polar surface area (TPSA) is 134 Å². The number of carbonyl (C=O) groups excluding carboxylic acids is 2. The van der Waals surface area contributed by atoms with Crippen molar-refractivity contribution >= 4 is 19.8 Å². The van der Waals surface area contributed by atoms with Crippen LogP contribution in [0.25, 0.3) is 0 Å². The Morgan fingerprint density at radius 3 is 0.965 bits per heavy atom. The van der Waals surface area contributed by atoms with E-state index < -0.39 is 26.5 Å². The molecule has 0 aromatic carbocycles. The van der Waals surface area contributed by atoms with E-state index in [-0.39, 0.29) is 38.6 Å². The molecule has 9 nitrogen and oxygen atoms in total. The average Bonchev–Trinajstić information content (AvgIpc) is 3.52. The van der Waals surface area contributed by atoms with Crippen LogP contribution in [0.15, 0.2) is 85.1 Å². The molecule has 0 rings (SSSR count). The summed E-state index contributed by atoms with van der Waals surface area (Å²) in [6, 6.07) is 0. The first kappa shape index (κ1) is 82.2. The molecular weight excluding hydrogens is 1070 g/mol. The maximum Gasteiger partial charge on any atom is 0.472 e. The van der Waals surface area contributed by atoms with Crippen molar-refractivity contribution in [3.05, 3.63) is 85.1 Å². The van der Waals surface area contributed by atoms with E-state index in [0.717, 1.165) is 83.5 Å². The minimum Gasteiger partial charge on any atom is -0.462 e. The summed E-state index contributed by atoms with van der Waals surface area (Å²) >= 11 is 0. The second kappa shape index (κ2) is 70.3. The Morgan fingerprint density at radius 2 is 0.647 bits per heavy atom. The van der Waals surface area contributed by atoms with E-state index >= 15 is 0 Å². The maximum absolute atomic E-state index is 12.8. The van der Waals surface area contributed by atoms with Gasteiger partial charge in [-0.3, -0.25) is 18.6 Å². The quantitative estimate of drug-likeness (QED) is 0.0264. The van der Waals surface area contributed by atoms with Crippen molar-refractivity contribution in [1.82, 2.24) is 0 Å². The Kier molecular flexibility index (Phi) is 68.0. The van der Waals surface area contributed by atoms with Crippen molar-refractivity contribution < 1.29 is 37.6 Å². The smallest absolute Gasteiger partial charge is 0.462 e. The van der Waals surface area contributed by atoms with Gasteiger partial charge in [-0.1, -0.05) is 349 Å². The standard InChI is InChI=1S/C75H136NO8P/c1-3-5-7-9-11-13-15-17-19-21-23-25-27-29-31-33-34-35-36-37-38-40-42-44-46-48-50-52-54-56-58-60-62-64-66-68-75(78)84-73(72-83-85(79,80)82-70-69-76)71-81-74(77)67-65-63-61-59-57-55-53-51-49-47-45-43-41-39-32-30-28-26-24-22-20-18-16-14-12-10-8-6-4-2/h5,7,11,13,17,19,23,25,29,31,34-35,37-38,73H,3-4,6,8-10,12,14-16,18,20-22,24,26-28,30,32-33,36,39-72,76H2,1-2H3,(H,79,80)/b7-5-,13-11-,19-17-,25-23-,31-29-,35-34-,38-37-. The third-order valence-corrected chi connectivity index (χ3v) is 16.8. The van der Waals surface area contributed by atoms with Gasteiger partial charge < -0.3 is 20.1 Å². The highest BCUT2D eigenvalue weighted by molar-refractivity contribution is 7.47. The van der Waals surface area contributed by atoms with Crippen molar-refractivity contribution in [3.63, 3.8) is 0 Å². The lowest BCUT2D eigenvalue weighted by atomic mass is 10.0. The number of rotatable bonds is 68. The Labute approximate surface area is 525 Å². The monoisotopic (exact) mass is 1210 g/mol. The Hall–Kier alpha value is -2.81. The van der Waals surface area contributed by atoms with Crippen LogP contribution in [0.2, 0.25) is 0 Å². The number of esters is 2. The summed E-state index contributed by atoms with van der Waals surface area (Å²) in [4.78, 5) is 35.4. The van der Waals surface area contributed by atoms with Crippen molar-refractivity contribution in [1.29, 1.82) is 0 Å². The van der Waals surface area contributed by atoms with E-state index in [1.54, 1.807) is 0 Å². The fraction of sp³-hybridized carbons (Fsp3) is 0.787. The number of allylic oxidation sites excluding steroid dienone is 14. The van der Waals surface area contributed by atoms with Crippen molar-refractivity contribution in [2.24, 2.45) is 5.73 Å². The summed E-state index contributed by atoms with van der Waals surface area (Å²) in [5.74, 6) is -0.815. The number of nitrogens with two attached hydrogens (primary N) is 1. The number of phosphoric ester groups is 1. The molecule has 85 heavy (non-hydrogen) atoms. The summed E-state index contributed by atoms with van der Waals surface area (Å²) in [5.41, 5.74) is 5.41. The molecule has 2 atom stereocenters. The van der Waals surface area contributed by atoms with E-state index in [1.807, 2.05) is 0 Å². The first-order valence-electron chi connectivity index (χ1n) is 36.1. The molecule has 494 valence electrons. The molecule has 0 aromatic heterocycles. The SMILES string of the molecule is CC/C=C\C/C=C\C/C=C\C/C=C\C/C=C\C/C=C\C/C=C\CCCCCCCCCCCCCCCC(=O)OC(COC(=O)CCCCCCCCCCCCCCCCCCCCCCCCCCCCCCC)COP(=O)(O)OCCN. The first-order valence-corrected chi connectivity index (χ1v) is 37.6. The lowest BCUT2D eigenvalue weighted by Gasteiger charge is -2.19. The average molecular weight is 1210 g/mol. The van der Waals surface area contributed by atoms with E-state index in [2.05, 4.69) is 98.9 Å². The van der Waals surface area contributed by atoms with Gasteiger partial charge in [0.15, 0.2) is 6.10 Å². The van der Waals surface area contributed by atoms with Crippen LogP contribution in [0.1, 0.15) is 348 Å². The summed E-state index contributed by atoms with van der Waals surface area (Å²) < 4.78 is 33.2. The fourth-order valence-electron chi connectivity index (χ4n) is 10.5. The van der Waals surface area contributed by atoms with Gasteiger partial charge in [-0.2, -0.15) is 0 Å². The molecule has 0 saturated heterocycles. The molecule has 0 aliphatic carbocycles. The zero-order valence-electron chi connectivity index (χ0n) is 55.6. The maximum atomic E-state index is 12.8. The van der Waals surface area contributed by atoms with Gasteiger partial charge >= 0.3 is 19.8 Å². The number of unbranched alkanes of at least 4 members (excludes halogenated alkanes) is 41. The molecule has 0 radical (unpaired) electrons. The highest BCUT2D eigenvalue weighted by Crippen LogP contribution is 2.43. The molecule has 2 unspecified atom stereocenters. The van der Waals surface area contributed by atoms with Crippen molar-refractivity contribution in [2.45, 2.75) is 354 Å². The summed E-state index contributed by atoms with van der Waals surface area (Å²) in [5, 5.41) is 0. The molecule has 0 aliphatic heterocycles. The van der Waals surface area contributed by atoms with E-state index in [9.17, 15) is 19.0 Å². The molecular formula is C75H136NO8P. The Morgan fingerprint density at radius 1 is 0.365 bits per heavy atom. The number of phosphoric acid groups is 1. The van der Waals surface area contributed by atoms with Crippen LogP contribution in [-0.4, -0.2) is 49.3 Å². The molecule has 0 aromatic rings. The van der Waals surface area contributed by atoms with Crippen LogP contribution in [0, 0.1) is 0 Å². The van der Waals surface area contributed by atoms with Gasteiger partial charge in [0.05, 0.1) is 13.2 Å². The molecule has 0 heterocycles. The fourth-order valence-corrected chi connectivity index (χ4v) is 11.3. The Balaban J connectivity index is 3.86. The molecule has 0 spiro atoms. The van der Waals surface area contributed by atoms with Crippen molar-refractivity contribution in [2.75, 3.05) is 26.4 Å². The number of carbonyl (C=O) groups is 2. The predicted octanol–water partition coefficient (Wildman–Crippen LogP) is 23.8. The minimum atomic E-state index is -4.40. The van der Waals surface area contributed by atoms with E-state index in [1.165, 1.54) is 231 Å². The van der Waals surface area contributed by atoms with Crippen molar-refractivity contribution in [3.8, 4) is 0 Å². The number of hydrogen-bond acceptors (Lipinski definition) is 8. The highest BCUT2D eigenvalue weighted by Gasteiger charge is 2.26. The van der Waals surface area contributed by atoms with Crippen LogP contribution in [0.5, 0.6) is 0 Å². The minimum absolute atomic E-state index is 0.0525. The van der Waals surface area contributed by atoms with Gasteiger partial charge in [-0.05, 0) is 70.6 Å². The molecule has 10 heteroatoms. The van der Waals surface area contributed by atoms with Gasteiger partial charge in [-0.15, -0.1) is 0 Å². The van der Waals surface area contributed by atoms with Crippen LogP contribution < -0.4 is 5.73 Å². The largest absolute Gasteiger partial charge is 0.472 e. The van der Waals surface area contributed by atoms with Gasteiger partial charge in [-0.25, -0.2) is 4.57 Å². The lowest BCUT2D eigenvalue weighted by molar-refractivity contribution is -0.161. The van der Waals surface area contributed by atoms with Crippen LogP contribution in [0.4, 0.5) is 0 Å². The number of hydrogen-bond donors (Lipinski definition) is 2. The van der Waals surface area contributed by atoms with Crippen LogP contribution in [0.3, 0.4) is 0 Å².